The lowest BCUT2D eigenvalue weighted by Gasteiger charge is -2.21. The molecule has 0 unspecified atom stereocenters. The first-order valence-corrected chi connectivity index (χ1v) is 7.19. The molecule has 0 heterocycles. The molecule has 0 atom stereocenters. The Morgan fingerprint density at radius 3 is 2.70 bits per heavy atom. The number of benzene rings is 1. The smallest absolute Gasteiger partial charge is 0.339 e. The van der Waals surface area contributed by atoms with Crippen LogP contribution in [0.5, 0.6) is 5.75 Å². The Morgan fingerprint density at radius 1 is 1.40 bits per heavy atom. The molecule has 0 radical (unpaired) electrons. The maximum absolute atomic E-state index is 11.2. The molecule has 0 saturated heterocycles. The fourth-order valence-corrected chi connectivity index (χ4v) is 3.03. The van der Waals surface area contributed by atoms with Gasteiger partial charge >= 0.3 is 5.97 Å². The van der Waals surface area contributed by atoms with Gasteiger partial charge < -0.3 is 14.7 Å². The van der Waals surface area contributed by atoms with E-state index in [-0.39, 0.29) is 5.56 Å². The molecule has 1 aliphatic rings. The molecule has 1 aromatic rings. The summed E-state index contributed by atoms with van der Waals surface area (Å²) >= 11 is 0. The van der Waals surface area contributed by atoms with E-state index in [9.17, 15) is 9.90 Å². The topological polar surface area (TPSA) is 49.8 Å². The minimum absolute atomic E-state index is 0.235. The number of carboxylic acids is 1. The van der Waals surface area contributed by atoms with Crippen molar-refractivity contribution in [2.75, 3.05) is 20.7 Å². The maximum Gasteiger partial charge on any atom is 0.339 e. The monoisotopic (exact) mass is 277 g/mol. The van der Waals surface area contributed by atoms with Crippen LogP contribution in [0, 0.1) is 5.92 Å². The molecule has 4 nitrogen and oxygen atoms in total. The summed E-state index contributed by atoms with van der Waals surface area (Å²) in [7, 11) is 3.59. The fraction of sp³-hybridized carbons (Fsp3) is 0.562. The molecule has 1 saturated carbocycles. The summed E-state index contributed by atoms with van der Waals surface area (Å²) in [6.45, 7) is 1.87. The number of aromatic carboxylic acids is 1. The van der Waals surface area contributed by atoms with Crippen LogP contribution in [0.4, 0.5) is 0 Å². The normalized spacial score (nSPS) is 15.8. The van der Waals surface area contributed by atoms with Crippen molar-refractivity contribution in [3.8, 4) is 5.75 Å². The molecule has 0 amide bonds. The first kappa shape index (κ1) is 14.9. The summed E-state index contributed by atoms with van der Waals surface area (Å²) < 4.78 is 5.08. The van der Waals surface area contributed by atoms with E-state index in [1.165, 1.54) is 32.8 Å². The van der Waals surface area contributed by atoms with Gasteiger partial charge in [-0.15, -0.1) is 0 Å². The van der Waals surface area contributed by atoms with E-state index in [0.29, 0.717) is 5.75 Å². The van der Waals surface area contributed by atoms with Crippen molar-refractivity contribution in [2.24, 2.45) is 5.92 Å². The van der Waals surface area contributed by atoms with Crippen molar-refractivity contribution in [2.45, 2.75) is 32.2 Å². The Kier molecular flexibility index (Phi) is 5.01. The van der Waals surface area contributed by atoms with Crippen molar-refractivity contribution in [3.63, 3.8) is 0 Å². The average molecular weight is 277 g/mol. The zero-order valence-corrected chi connectivity index (χ0v) is 12.3. The zero-order chi connectivity index (χ0) is 14.5. The molecule has 0 aromatic heterocycles. The standard InChI is InChI=1S/C16H23NO3/c1-17(10-12-5-3-4-6-12)11-13-7-8-15(20-2)14(9-13)16(18)19/h7-9,12H,3-6,10-11H2,1-2H3,(H,18,19). The molecule has 1 aromatic carbocycles. The molecule has 0 spiro atoms. The SMILES string of the molecule is COc1ccc(CN(C)CC2CCCC2)cc1C(=O)O. The van der Waals surface area contributed by atoms with Crippen molar-refractivity contribution in [1.29, 1.82) is 0 Å². The van der Waals surface area contributed by atoms with Crippen LogP contribution in [-0.2, 0) is 6.54 Å². The van der Waals surface area contributed by atoms with E-state index < -0.39 is 5.97 Å². The molecule has 0 aliphatic heterocycles. The minimum atomic E-state index is -0.942. The number of nitrogens with zero attached hydrogens (tertiary/aromatic N) is 1. The van der Waals surface area contributed by atoms with E-state index in [0.717, 1.165) is 24.6 Å². The zero-order valence-electron chi connectivity index (χ0n) is 12.3. The van der Waals surface area contributed by atoms with Crippen molar-refractivity contribution < 1.29 is 14.6 Å². The Hall–Kier alpha value is -1.55. The molecule has 20 heavy (non-hydrogen) atoms. The highest BCUT2D eigenvalue weighted by molar-refractivity contribution is 5.91. The molecule has 1 fully saturated rings. The summed E-state index contributed by atoms with van der Waals surface area (Å²) in [6.07, 6.45) is 5.36. The van der Waals surface area contributed by atoms with E-state index in [1.54, 1.807) is 12.1 Å². The van der Waals surface area contributed by atoms with Gasteiger partial charge in [-0.1, -0.05) is 18.9 Å². The fourth-order valence-electron chi connectivity index (χ4n) is 3.03. The van der Waals surface area contributed by atoms with Crippen LogP contribution in [0.25, 0.3) is 0 Å². The van der Waals surface area contributed by atoms with Gasteiger partial charge in [0.2, 0.25) is 0 Å². The van der Waals surface area contributed by atoms with Crippen LogP contribution in [-0.4, -0.2) is 36.7 Å². The Balaban J connectivity index is 2.01. The molecular weight excluding hydrogens is 254 g/mol. The number of methoxy groups -OCH3 is 1. The highest BCUT2D eigenvalue weighted by atomic mass is 16.5. The van der Waals surface area contributed by atoms with Crippen LogP contribution in [0.3, 0.4) is 0 Å². The van der Waals surface area contributed by atoms with E-state index >= 15 is 0 Å². The maximum atomic E-state index is 11.2. The van der Waals surface area contributed by atoms with Gasteiger partial charge in [-0.25, -0.2) is 4.79 Å². The van der Waals surface area contributed by atoms with Crippen LogP contribution < -0.4 is 4.74 Å². The summed E-state index contributed by atoms with van der Waals surface area (Å²) in [4.78, 5) is 13.5. The van der Waals surface area contributed by atoms with Crippen LogP contribution in [0.15, 0.2) is 18.2 Å². The van der Waals surface area contributed by atoms with Crippen LogP contribution >= 0.6 is 0 Å². The number of hydrogen-bond acceptors (Lipinski definition) is 3. The van der Waals surface area contributed by atoms with Crippen LogP contribution in [0.2, 0.25) is 0 Å². The van der Waals surface area contributed by atoms with E-state index in [1.807, 2.05) is 6.07 Å². The molecule has 1 N–H and O–H groups in total. The molecule has 110 valence electrons. The van der Waals surface area contributed by atoms with E-state index in [4.69, 9.17) is 4.74 Å². The van der Waals surface area contributed by atoms with Gasteiger partial charge in [-0.2, -0.15) is 0 Å². The number of carboxylic acid groups (broad SMARTS) is 1. The second-order valence-corrected chi connectivity index (χ2v) is 5.69. The first-order valence-electron chi connectivity index (χ1n) is 7.19. The molecule has 0 bridgehead atoms. The van der Waals surface area contributed by atoms with Crippen molar-refractivity contribution in [3.05, 3.63) is 29.3 Å². The van der Waals surface area contributed by atoms with Gasteiger partial charge in [0, 0.05) is 13.1 Å². The Bertz CT molecular complexity index is 467. The highest BCUT2D eigenvalue weighted by Gasteiger charge is 2.17. The lowest BCUT2D eigenvalue weighted by Crippen LogP contribution is -2.24. The van der Waals surface area contributed by atoms with Gasteiger partial charge in [0.25, 0.3) is 0 Å². The minimum Gasteiger partial charge on any atom is -0.496 e. The van der Waals surface area contributed by atoms with Gasteiger partial charge in [-0.05, 0) is 43.5 Å². The second kappa shape index (κ2) is 6.75. The second-order valence-electron chi connectivity index (χ2n) is 5.69. The summed E-state index contributed by atoms with van der Waals surface area (Å²) in [6, 6.07) is 5.39. The van der Waals surface area contributed by atoms with Crippen LogP contribution in [0.1, 0.15) is 41.6 Å². The predicted octanol–water partition coefficient (Wildman–Crippen LogP) is 3.02. The Morgan fingerprint density at radius 2 is 2.10 bits per heavy atom. The Labute approximate surface area is 120 Å². The number of ether oxygens (including phenoxy) is 1. The number of rotatable bonds is 6. The number of carbonyl (C=O) groups is 1. The summed E-state index contributed by atoms with van der Waals surface area (Å²) in [5.41, 5.74) is 1.25. The third-order valence-electron chi connectivity index (χ3n) is 3.99. The summed E-state index contributed by atoms with van der Waals surface area (Å²) in [5.74, 6) is 0.277. The van der Waals surface area contributed by atoms with Crippen molar-refractivity contribution in [1.82, 2.24) is 4.90 Å². The molecule has 4 heteroatoms. The van der Waals surface area contributed by atoms with E-state index in [2.05, 4.69) is 11.9 Å². The highest BCUT2D eigenvalue weighted by Crippen LogP contribution is 2.26. The first-order chi connectivity index (χ1) is 9.60. The van der Waals surface area contributed by atoms with Crippen molar-refractivity contribution >= 4 is 5.97 Å². The quantitative estimate of drug-likeness (QED) is 0.868. The van der Waals surface area contributed by atoms with Gasteiger partial charge in [0.1, 0.15) is 11.3 Å². The van der Waals surface area contributed by atoms with Gasteiger partial charge in [0.15, 0.2) is 0 Å². The van der Waals surface area contributed by atoms with Gasteiger partial charge in [-0.3, -0.25) is 0 Å². The largest absolute Gasteiger partial charge is 0.496 e. The predicted molar refractivity (Wildman–Crippen MR) is 78.2 cm³/mol. The molecule has 1 aliphatic carbocycles. The van der Waals surface area contributed by atoms with Gasteiger partial charge in [0.05, 0.1) is 7.11 Å². The number of hydrogen-bond donors (Lipinski definition) is 1. The lowest BCUT2D eigenvalue weighted by atomic mass is 10.1. The summed E-state index contributed by atoms with van der Waals surface area (Å²) in [5, 5.41) is 9.19. The third-order valence-corrected chi connectivity index (χ3v) is 3.99. The third kappa shape index (κ3) is 3.73. The average Bonchev–Trinajstić information content (AvgIpc) is 2.91. The lowest BCUT2D eigenvalue weighted by molar-refractivity contribution is 0.0693. The molecule has 2 rings (SSSR count). The molecular formula is C16H23NO3.